The molecule has 6 heteroatoms. The van der Waals surface area contributed by atoms with Crippen LogP contribution in [0.4, 0.5) is 0 Å². The van der Waals surface area contributed by atoms with Gasteiger partial charge >= 0.3 is 240 Å². The molecule has 0 atom stereocenters. The molecule has 0 spiro atoms. The first kappa shape index (κ1) is 30.7. The van der Waals surface area contributed by atoms with Crippen LogP contribution in [-0.2, 0) is 0 Å². The average molecular weight is 645 g/mol. The summed E-state index contributed by atoms with van der Waals surface area (Å²) in [6.07, 6.45) is 7.66. The number of ether oxygens (including phenoxy) is 4. The van der Waals surface area contributed by atoms with Gasteiger partial charge in [0.2, 0.25) is 0 Å². The molecule has 3 aromatic rings. The molecule has 0 aliphatic carbocycles. The van der Waals surface area contributed by atoms with Crippen LogP contribution in [0, 0.1) is 0 Å². The van der Waals surface area contributed by atoms with E-state index in [9.17, 15) is 0 Å². The number of hydrogen-bond acceptors (Lipinski definition) is 5. The third kappa shape index (κ3) is 7.01. The molecule has 0 radical (unpaired) electrons. The predicted molar refractivity (Wildman–Crippen MR) is 166 cm³/mol. The fourth-order valence-corrected chi connectivity index (χ4v) is 23.1. The maximum atomic E-state index is 6.13. The minimum atomic E-state index is -2.80. The van der Waals surface area contributed by atoms with Crippen LogP contribution in [0.5, 0.6) is 23.0 Å². The number of benzene rings is 2. The van der Waals surface area contributed by atoms with Gasteiger partial charge in [0.05, 0.1) is 0 Å². The van der Waals surface area contributed by atoms with Crippen LogP contribution in [0.2, 0.25) is 13.3 Å². The van der Waals surface area contributed by atoms with E-state index < -0.39 is 18.4 Å². The van der Waals surface area contributed by atoms with Gasteiger partial charge in [-0.1, -0.05) is 0 Å². The quantitative estimate of drug-likeness (QED) is 0.146. The SMILES string of the molecule is CCC[CH2][Sn]([CH2]CCC)([CH2]CCC)[c]1cc(-c2ccc(-c3ccc(OC)c(OC)c3)s2)cc(OC)c1OC. The monoisotopic (exact) mass is 646 g/mol. The summed E-state index contributed by atoms with van der Waals surface area (Å²) in [6, 6.07) is 15.2. The van der Waals surface area contributed by atoms with E-state index in [-0.39, 0.29) is 0 Å². The molecule has 208 valence electrons. The van der Waals surface area contributed by atoms with Crippen molar-refractivity contribution in [1.82, 2.24) is 0 Å². The van der Waals surface area contributed by atoms with Crippen LogP contribution < -0.4 is 22.5 Å². The summed E-state index contributed by atoms with van der Waals surface area (Å²) in [4.78, 5) is 2.45. The van der Waals surface area contributed by atoms with Crippen LogP contribution in [0.15, 0.2) is 42.5 Å². The zero-order valence-corrected chi connectivity index (χ0v) is 28.1. The van der Waals surface area contributed by atoms with Crippen molar-refractivity contribution in [3.8, 4) is 43.9 Å². The van der Waals surface area contributed by atoms with Crippen molar-refractivity contribution in [1.29, 1.82) is 0 Å². The summed E-state index contributed by atoms with van der Waals surface area (Å²) in [5.74, 6) is 3.35. The summed E-state index contributed by atoms with van der Waals surface area (Å²) in [7, 11) is 6.94. The summed E-state index contributed by atoms with van der Waals surface area (Å²) >= 11 is -0.991. The van der Waals surface area contributed by atoms with Crippen molar-refractivity contribution in [2.24, 2.45) is 0 Å². The van der Waals surface area contributed by atoms with Crippen molar-refractivity contribution in [3.63, 3.8) is 0 Å². The number of unbranched alkanes of at least 4 members (excludes halogenated alkanes) is 3. The Morgan fingerprint density at radius 2 is 1.11 bits per heavy atom. The van der Waals surface area contributed by atoms with E-state index in [0.29, 0.717) is 0 Å². The van der Waals surface area contributed by atoms with Gasteiger partial charge in [0.15, 0.2) is 0 Å². The van der Waals surface area contributed by atoms with Crippen molar-refractivity contribution >= 4 is 33.3 Å². The van der Waals surface area contributed by atoms with Gasteiger partial charge in [-0.25, -0.2) is 0 Å². The first-order valence-electron chi connectivity index (χ1n) is 14.1. The molecule has 2 aromatic carbocycles. The van der Waals surface area contributed by atoms with E-state index in [2.05, 4.69) is 57.2 Å². The molecular formula is C32H46O4SSn. The number of hydrogen-bond donors (Lipinski definition) is 0. The normalized spacial score (nSPS) is 11.4. The third-order valence-corrected chi connectivity index (χ3v) is 24.4. The van der Waals surface area contributed by atoms with Crippen LogP contribution in [-0.4, -0.2) is 46.8 Å². The van der Waals surface area contributed by atoms with Crippen molar-refractivity contribution in [3.05, 3.63) is 42.5 Å². The summed E-state index contributed by atoms with van der Waals surface area (Å²) in [5, 5.41) is 0. The van der Waals surface area contributed by atoms with Gasteiger partial charge in [-0.2, -0.15) is 0 Å². The maximum absolute atomic E-state index is 6.13. The Balaban J connectivity index is 2.15. The Kier molecular flexibility index (Phi) is 12.2. The van der Waals surface area contributed by atoms with Crippen molar-refractivity contribution in [2.45, 2.75) is 72.6 Å². The molecule has 0 aliphatic heterocycles. The van der Waals surface area contributed by atoms with E-state index in [1.54, 1.807) is 21.3 Å². The van der Waals surface area contributed by atoms with Gasteiger partial charge in [-0.3, -0.25) is 0 Å². The molecule has 0 fully saturated rings. The molecule has 0 amide bonds. The molecule has 1 aromatic heterocycles. The molecule has 38 heavy (non-hydrogen) atoms. The summed E-state index contributed by atoms with van der Waals surface area (Å²) in [5.41, 5.74) is 2.36. The van der Waals surface area contributed by atoms with Gasteiger partial charge in [0.25, 0.3) is 0 Å². The van der Waals surface area contributed by atoms with Crippen LogP contribution >= 0.6 is 11.3 Å². The number of rotatable bonds is 16. The second-order valence-corrected chi connectivity index (χ2v) is 24.3. The number of methoxy groups -OCH3 is 4. The molecule has 4 nitrogen and oxygen atoms in total. The zero-order chi connectivity index (χ0) is 27.5. The van der Waals surface area contributed by atoms with Crippen LogP contribution in [0.25, 0.3) is 20.9 Å². The van der Waals surface area contributed by atoms with Gasteiger partial charge in [0.1, 0.15) is 0 Å². The standard InChI is InChI=1S/C20H19O4S.3C4H9.Sn/c1-21-15-7-5-13(11-17(15)23-3)19-9-10-20(25-19)14-6-8-16(22-2)18(12-14)24-4;3*1-3-4-2;/h5-7,9-12H,1-4H3;3*1,3-4H2,2H3;. The molecule has 3 rings (SSSR count). The van der Waals surface area contributed by atoms with Gasteiger partial charge in [0, 0.05) is 0 Å². The summed E-state index contributed by atoms with van der Waals surface area (Å²) in [6.45, 7) is 6.98. The fourth-order valence-electron chi connectivity index (χ4n) is 5.46. The van der Waals surface area contributed by atoms with E-state index in [1.807, 2.05) is 24.5 Å². The van der Waals surface area contributed by atoms with Crippen LogP contribution in [0.1, 0.15) is 59.3 Å². The Hall–Kier alpha value is -1.86. The molecule has 0 aliphatic rings. The first-order valence-corrected chi connectivity index (χ1v) is 22.4. The molecule has 0 saturated carbocycles. The van der Waals surface area contributed by atoms with Crippen molar-refractivity contribution < 1.29 is 18.9 Å². The fraction of sp³-hybridized carbons (Fsp3) is 0.500. The average Bonchev–Trinajstić information content (AvgIpc) is 3.46. The van der Waals surface area contributed by atoms with Gasteiger partial charge in [-0.05, 0) is 0 Å². The second kappa shape index (κ2) is 15.1. The van der Waals surface area contributed by atoms with Gasteiger partial charge in [-0.15, -0.1) is 0 Å². The Morgan fingerprint density at radius 3 is 1.61 bits per heavy atom. The second-order valence-electron chi connectivity index (χ2n) is 10.1. The molecule has 0 unspecified atom stereocenters. The Bertz CT molecular complexity index is 1130. The Morgan fingerprint density at radius 1 is 0.579 bits per heavy atom. The minimum absolute atomic E-state index is 0.743. The molecule has 0 saturated heterocycles. The molecular weight excluding hydrogens is 599 g/mol. The zero-order valence-electron chi connectivity index (χ0n) is 24.4. The predicted octanol–water partition coefficient (Wildman–Crippen LogP) is 9.17. The Labute approximate surface area is 238 Å². The molecule has 1 heterocycles. The van der Waals surface area contributed by atoms with E-state index in [0.717, 1.165) is 28.6 Å². The molecule has 0 bridgehead atoms. The van der Waals surface area contributed by atoms with Crippen molar-refractivity contribution in [2.75, 3.05) is 28.4 Å². The number of thiophene rings is 1. The van der Waals surface area contributed by atoms with Crippen LogP contribution in [0.3, 0.4) is 0 Å². The summed E-state index contributed by atoms with van der Waals surface area (Å²) < 4.78 is 28.8. The molecule has 0 N–H and O–H groups in total. The van der Waals surface area contributed by atoms with Gasteiger partial charge < -0.3 is 0 Å². The third-order valence-electron chi connectivity index (χ3n) is 7.64. The first-order chi connectivity index (χ1) is 18.5. The van der Waals surface area contributed by atoms with E-state index in [1.165, 1.54) is 70.7 Å². The van der Waals surface area contributed by atoms with E-state index in [4.69, 9.17) is 18.9 Å². The topological polar surface area (TPSA) is 36.9 Å². The van der Waals surface area contributed by atoms with E-state index >= 15 is 0 Å².